The molecule has 2 nitrogen and oxygen atoms in total. The molecule has 0 aromatic carbocycles. The first-order valence-electron chi connectivity index (χ1n) is 5.84. The van der Waals surface area contributed by atoms with Crippen molar-refractivity contribution in [1.82, 2.24) is 4.90 Å². The third-order valence-corrected chi connectivity index (χ3v) is 1.59. The van der Waals surface area contributed by atoms with Gasteiger partial charge in [-0.05, 0) is 19.9 Å². The lowest BCUT2D eigenvalue weighted by molar-refractivity contribution is 0.446. The van der Waals surface area contributed by atoms with Crippen molar-refractivity contribution >= 4 is 6.21 Å². The van der Waals surface area contributed by atoms with Gasteiger partial charge in [-0.15, -0.1) is 0 Å². The van der Waals surface area contributed by atoms with E-state index in [1.54, 1.807) is 6.21 Å². The minimum Gasteiger partial charge on any atom is -0.331 e. The van der Waals surface area contributed by atoms with Crippen molar-refractivity contribution in [3.05, 3.63) is 24.2 Å². The van der Waals surface area contributed by atoms with E-state index in [1.807, 2.05) is 19.9 Å². The number of hydrogen-bond acceptors (Lipinski definition) is 2. The van der Waals surface area contributed by atoms with Gasteiger partial charge in [0.15, 0.2) is 0 Å². The van der Waals surface area contributed by atoms with Crippen LogP contribution in [0.1, 0.15) is 48.0 Å². The summed E-state index contributed by atoms with van der Waals surface area (Å²) in [4.78, 5) is 6.13. The molecule has 0 saturated carbocycles. The van der Waals surface area contributed by atoms with Crippen LogP contribution in [0, 0.1) is 0 Å². The molecule has 0 unspecified atom stereocenters. The maximum Gasteiger partial charge on any atom is 0.125 e. The normalized spacial score (nSPS) is 13.3. The molecule has 0 aromatic rings. The molecule has 2 heteroatoms. The molecule has 15 heavy (non-hydrogen) atoms. The van der Waals surface area contributed by atoms with Gasteiger partial charge in [-0.1, -0.05) is 40.7 Å². The summed E-state index contributed by atoms with van der Waals surface area (Å²) in [6.07, 6.45) is 5.02. The fourth-order valence-electron chi connectivity index (χ4n) is 1.03. The number of allylic oxidation sites excluding steroid dienone is 2. The lowest BCUT2D eigenvalue weighted by atomic mass is 10.3. The van der Waals surface area contributed by atoms with Gasteiger partial charge in [0.1, 0.15) is 5.82 Å². The van der Waals surface area contributed by atoms with Crippen molar-refractivity contribution in [3.8, 4) is 0 Å². The van der Waals surface area contributed by atoms with Crippen LogP contribution in [-0.4, -0.2) is 17.7 Å². The van der Waals surface area contributed by atoms with Crippen LogP contribution < -0.4 is 0 Å². The van der Waals surface area contributed by atoms with Crippen molar-refractivity contribution in [2.75, 3.05) is 6.54 Å². The molecule has 0 spiro atoms. The molecule has 1 aliphatic rings. The van der Waals surface area contributed by atoms with E-state index >= 15 is 0 Å². The molecule has 1 rings (SSSR count). The Bertz CT molecular complexity index is 215. The molecule has 0 saturated heterocycles. The van der Waals surface area contributed by atoms with Crippen LogP contribution in [0.15, 0.2) is 29.2 Å². The highest BCUT2D eigenvalue weighted by molar-refractivity contribution is 5.74. The quantitative estimate of drug-likeness (QED) is 0.633. The molecular formula is C13H26N2. The Labute approximate surface area is 95.4 Å². The Morgan fingerprint density at radius 1 is 1.27 bits per heavy atom. The highest BCUT2D eigenvalue weighted by Crippen LogP contribution is 2.13. The third kappa shape index (κ3) is 6.95. The van der Waals surface area contributed by atoms with Gasteiger partial charge < -0.3 is 4.90 Å². The molecule has 0 amide bonds. The van der Waals surface area contributed by atoms with Crippen LogP contribution >= 0.6 is 0 Å². The van der Waals surface area contributed by atoms with E-state index in [2.05, 4.69) is 44.2 Å². The molecule has 0 bridgehead atoms. The van der Waals surface area contributed by atoms with E-state index in [1.165, 1.54) is 12.1 Å². The number of hydrogen-bond donors (Lipinski definition) is 0. The minimum atomic E-state index is 0.836. The maximum atomic E-state index is 4.06. The first-order valence-corrected chi connectivity index (χ1v) is 5.84. The fraction of sp³-hybridized carbons (Fsp3) is 0.615. The lowest BCUT2D eigenvalue weighted by Gasteiger charge is -2.24. The van der Waals surface area contributed by atoms with Gasteiger partial charge in [-0.25, -0.2) is 4.99 Å². The second-order valence-corrected chi connectivity index (χ2v) is 2.95. The summed E-state index contributed by atoms with van der Waals surface area (Å²) < 4.78 is 0. The van der Waals surface area contributed by atoms with E-state index in [-0.39, 0.29) is 0 Å². The Hall–Kier alpha value is -1.05. The van der Waals surface area contributed by atoms with E-state index in [9.17, 15) is 0 Å². The lowest BCUT2D eigenvalue weighted by Crippen LogP contribution is -2.21. The Morgan fingerprint density at radius 2 is 1.73 bits per heavy atom. The smallest absolute Gasteiger partial charge is 0.125 e. The highest BCUT2D eigenvalue weighted by Gasteiger charge is 2.07. The summed E-state index contributed by atoms with van der Waals surface area (Å²) in [5, 5.41) is 0. The summed E-state index contributed by atoms with van der Waals surface area (Å²) in [5.41, 5.74) is 1.21. The van der Waals surface area contributed by atoms with Gasteiger partial charge in [0.2, 0.25) is 0 Å². The van der Waals surface area contributed by atoms with Crippen molar-refractivity contribution in [2.45, 2.75) is 48.0 Å². The SMILES string of the molecule is C=C1N=CC=C(C)N1CC.CC.CCC. The van der Waals surface area contributed by atoms with Crippen molar-refractivity contribution in [3.63, 3.8) is 0 Å². The predicted molar refractivity (Wildman–Crippen MR) is 71.1 cm³/mol. The van der Waals surface area contributed by atoms with Gasteiger partial charge in [0.05, 0.1) is 0 Å². The molecule has 0 fully saturated rings. The fourth-order valence-corrected chi connectivity index (χ4v) is 1.03. The first-order chi connectivity index (χ1) is 7.17. The largest absolute Gasteiger partial charge is 0.331 e. The third-order valence-electron chi connectivity index (χ3n) is 1.59. The summed E-state index contributed by atoms with van der Waals surface area (Å²) in [6, 6.07) is 0. The van der Waals surface area contributed by atoms with Gasteiger partial charge in [-0.2, -0.15) is 0 Å². The Kier molecular flexibility index (Phi) is 12.0. The van der Waals surface area contributed by atoms with Crippen LogP contribution in [0.2, 0.25) is 0 Å². The predicted octanol–water partition coefficient (Wildman–Crippen LogP) is 4.21. The molecule has 0 N–H and O–H groups in total. The molecular weight excluding hydrogens is 184 g/mol. The average molecular weight is 210 g/mol. The van der Waals surface area contributed by atoms with Crippen LogP contribution in [0.5, 0.6) is 0 Å². The molecule has 0 aromatic heterocycles. The molecule has 0 radical (unpaired) electrons. The molecule has 88 valence electrons. The Balaban J connectivity index is 0. The van der Waals surface area contributed by atoms with Gasteiger partial charge in [-0.3, -0.25) is 0 Å². The second-order valence-electron chi connectivity index (χ2n) is 2.95. The van der Waals surface area contributed by atoms with Crippen molar-refractivity contribution in [1.29, 1.82) is 0 Å². The number of nitrogens with zero attached hydrogens (tertiary/aromatic N) is 2. The Morgan fingerprint density at radius 3 is 2.00 bits per heavy atom. The van der Waals surface area contributed by atoms with Crippen molar-refractivity contribution in [2.24, 2.45) is 4.99 Å². The van der Waals surface area contributed by atoms with Gasteiger partial charge in [0.25, 0.3) is 0 Å². The summed E-state index contributed by atoms with van der Waals surface area (Å²) >= 11 is 0. The zero-order valence-electron chi connectivity index (χ0n) is 11.2. The van der Waals surface area contributed by atoms with Crippen LogP contribution in [0.3, 0.4) is 0 Å². The topological polar surface area (TPSA) is 15.6 Å². The van der Waals surface area contributed by atoms with E-state index in [0.717, 1.165) is 12.4 Å². The molecule has 1 heterocycles. The second kappa shape index (κ2) is 11.0. The van der Waals surface area contributed by atoms with E-state index in [0.29, 0.717) is 0 Å². The number of aliphatic imine (C=N–C) groups is 1. The summed E-state index contributed by atoms with van der Waals surface area (Å²) in [5.74, 6) is 0.836. The molecule has 1 aliphatic heterocycles. The first kappa shape index (κ1) is 16.4. The zero-order valence-corrected chi connectivity index (χ0v) is 11.2. The highest BCUT2D eigenvalue weighted by atomic mass is 15.2. The maximum absolute atomic E-state index is 4.06. The summed E-state index contributed by atoms with van der Waals surface area (Å²) in [7, 11) is 0. The standard InChI is InChI=1S/C8H12N2.C3H8.C2H6/c1-4-10-7(2)5-6-9-8(10)3;1-3-2;1-2/h5-6H,3-4H2,1-2H3;3H2,1-2H3;1-2H3. The van der Waals surface area contributed by atoms with E-state index in [4.69, 9.17) is 0 Å². The minimum absolute atomic E-state index is 0.836. The van der Waals surface area contributed by atoms with E-state index < -0.39 is 0 Å². The molecule has 0 aliphatic carbocycles. The van der Waals surface area contributed by atoms with Gasteiger partial charge >= 0.3 is 0 Å². The van der Waals surface area contributed by atoms with Crippen LogP contribution in [-0.2, 0) is 0 Å². The summed E-state index contributed by atoms with van der Waals surface area (Å²) in [6.45, 7) is 17.1. The van der Waals surface area contributed by atoms with Gasteiger partial charge in [0, 0.05) is 18.5 Å². The molecule has 0 atom stereocenters. The monoisotopic (exact) mass is 210 g/mol. The number of rotatable bonds is 1. The average Bonchev–Trinajstić information content (AvgIpc) is 2.22. The van der Waals surface area contributed by atoms with Crippen molar-refractivity contribution < 1.29 is 0 Å². The van der Waals surface area contributed by atoms with Crippen LogP contribution in [0.25, 0.3) is 0 Å². The zero-order chi connectivity index (χ0) is 12.3. The van der Waals surface area contributed by atoms with Crippen LogP contribution in [0.4, 0.5) is 0 Å².